The van der Waals surface area contributed by atoms with Gasteiger partial charge in [0, 0.05) is 24.6 Å². The summed E-state index contributed by atoms with van der Waals surface area (Å²) >= 11 is 0. The normalized spacial score (nSPS) is 11.1. The number of benzene rings is 1. The molecule has 1 rings (SSSR count). The van der Waals surface area contributed by atoms with E-state index < -0.39 is 0 Å². The SMILES string of the molecule is Cc1cccc(C(=O)CCN(C)C(C)C)c1. The fraction of sp³-hybridized carbons (Fsp3) is 0.500. The molecule has 0 fully saturated rings. The highest BCUT2D eigenvalue weighted by atomic mass is 16.1. The second kappa shape index (κ2) is 5.80. The summed E-state index contributed by atoms with van der Waals surface area (Å²) in [6, 6.07) is 8.29. The molecule has 0 radical (unpaired) electrons. The van der Waals surface area contributed by atoms with Gasteiger partial charge in [0.2, 0.25) is 0 Å². The van der Waals surface area contributed by atoms with Gasteiger partial charge >= 0.3 is 0 Å². The third kappa shape index (κ3) is 3.78. The summed E-state index contributed by atoms with van der Waals surface area (Å²) in [5.41, 5.74) is 1.97. The van der Waals surface area contributed by atoms with Crippen molar-refractivity contribution in [3.8, 4) is 0 Å². The topological polar surface area (TPSA) is 20.3 Å². The van der Waals surface area contributed by atoms with Crippen LogP contribution in [0, 0.1) is 6.92 Å². The third-order valence-corrected chi connectivity index (χ3v) is 2.91. The molecule has 1 aromatic rings. The van der Waals surface area contributed by atoms with Crippen molar-refractivity contribution < 1.29 is 4.79 Å². The lowest BCUT2D eigenvalue weighted by Gasteiger charge is -2.20. The summed E-state index contributed by atoms with van der Waals surface area (Å²) in [6.07, 6.45) is 0.595. The smallest absolute Gasteiger partial charge is 0.164 e. The zero-order valence-corrected chi connectivity index (χ0v) is 10.7. The second-order valence-electron chi connectivity index (χ2n) is 4.62. The summed E-state index contributed by atoms with van der Waals surface area (Å²) in [5, 5.41) is 0. The highest BCUT2D eigenvalue weighted by Crippen LogP contribution is 2.07. The molecule has 0 bridgehead atoms. The molecule has 0 saturated carbocycles. The summed E-state index contributed by atoms with van der Waals surface area (Å²) in [7, 11) is 2.05. The molecule has 0 heterocycles. The molecule has 0 aromatic heterocycles. The first kappa shape index (κ1) is 12.9. The molecule has 0 aliphatic heterocycles. The van der Waals surface area contributed by atoms with Crippen molar-refractivity contribution in [3.63, 3.8) is 0 Å². The standard InChI is InChI=1S/C14H21NO/c1-11(2)15(4)9-8-14(16)13-7-5-6-12(3)10-13/h5-7,10-11H,8-9H2,1-4H3. The van der Waals surface area contributed by atoms with Crippen LogP contribution in [-0.4, -0.2) is 30.3 Å². The Kier molecular flexibility index (Phi) is 4.69. The average Bonchev–Trinajstić information content (AvgIpc) is 2.25. The van der Waals surface area contributed by atoms with E-state index in [0.29, 0.717) is 12.5 Å². The van der Waals surface area contributed by atoms with Crippen LogP contribution in [-0.2, 0) is 0 Å². The monoisotopic (exact) mass is 219 g/mol. The van der Waals surface area contributed by atoms with Crippen molar-refractivity contribution in [1.29, 1.82) is 0 Å². The molecule has 0 aliphatic rings. The van der Waals surface area contributed by atoms with E-state index in [-0.39, 0.29) is 5.78 Å². The van der Waals surface area contributed by atoms with Gasteiger partial charge in [0.05, 0.1) is 0 Å². The van der Waals surface area contributed by atoms with Gasteiger partial charge in [-0.2, -0.15) is 0 Å². The Labute approximate surface area is 98.3 Å². The Hall–Kier alpha value is -1.15. The van der Waals surface area contributed by atoms with Gasteiger partial charge in [-0.3, -0.25) is 4.79 Å². The fourth-order valence-corrected chi connectivity index (χ4v) is 1.50. The van der Waals surface area contributed by atoms with Crippen molar-refractivity contribution in [1.82, 2.24) is 4.90 Å². The number of rotatable bonds is 5. The molecule has 0 spiro atoms. The van der Waals surface area contributed by atoms with E-state index in [4.69, 9.17) is 0 Å². The van der Waals surface area contributed by atoms with Crippen LogP contribution >= 0.6 is 0 Å². The predicted octanol–water partition coefficient (Wildman–Crippen LogP) is 2.91. The number of carbonyl (C=O) groups is 1. The van der Waals surface area contributed by atoms with Crippen LogP contribution in [0.25, 0.3) is 0 Å². The first-order chi connectivity index (χ1) is 7.50. The van der Waals surface area contributed by atoms with Crippen molar-refractivity contribution in [2.75, 3.05) is 13.6 Å². The molecular weight excluding hydrogens is 198 g/mol. The van der Waals surface area contributed by atoms with E-state index in [0.717, 1.165) is 17.7 Å². The highest BCUT2D eigenvalue weighted by molar-refractivity contribution is 5.96. The number of aryl methyl sites for hydroxylation is 1. The molecule has 2 heteroatoms. The van der Waals surface area contributed by atoms with E-state index in [1.165, 1.54) is 0 Å². The Morgan fingerprint density at radius 3 is 2.62 bits per heavy atom. The van der Waals surface area contributed by atoms with E-state index in [1.54, 1.807) is 0 Å². The van der Waals surface area contributed by atoms with E-state index >= 15 is 0 Å². The summed E-state index contributed by atoms with van der Waals surface area (Å²) in [4.78, 5) is 14.1. The summed E-state index contributed by atoms with van der Waals surface area (Å²) < 4.78 is 0. The minimum atomic E-state index is 0.233. The average molecular weight is 219 g/mol. The van der Waals surface area contributed by atoms with Crippen molar-refractivity contribution in [3.05, 3.63) is 35.4 Å². The molecule has 16 heavy (non-hydrogen) atoms. The van der Waals surface area contributed by atoms with Crippen LogP contribution in [0.1, 0.15) is 36.2 Å². The zero-order valence-electron chi connectivity index (χ0n) is 10.7. The summed E-state index contributed by atoms with van der Waals surface area (Å²) in [5.74, 6) is 0.233. The van der Waals surface area contributed by atoms with Crippen molar-refractivity contribution in [2.45, 2.75) is 33.2 Å². The lowest BCUT2D eigenvalue weighted by atomic mass is 10.1. The maximum atomic E-state index is 11.9. The molecule has 88 valence electrons. The van der Waals surface area contributed by atoms with Gasteiger partial charge in [-0.1, -0.05) is 23.8 Å². The van der Waals surface area contributed by atoms with Crippen LogP contribution in [0.4, 0.5) is 0 Å². The van der Waals surface area contributed by atoms with Gasteiger partial charge in [0.15, 0.2) is 5.78 Å². The Bertz CT molecular complexity index is 358. The largest absolute Gasteiger partial charge is 0.304 e. The molecule has 0 saturated heterocycles. The van der Waals surface area contributed by atoms with Gasteiger partial charge in [-0.05, 0) is 33.9 Å². The summed E-state index contributed by atoms with van der Waals surface area (Å²) in [6.45, 7) is 7.11. The number of hydrogen-bond acceptors (Lipinski definition) is 2. The molecular formula is C14H21NO. The molecule has 0 atom stereocenters. The fourth-order valence-electron chi connectivity index (χ4n) is 1.50. The van der Waals surface area contributed by atoms with E-state index in [1.807, 2.05) is 38.2 Å². The quantitative estimate of drug-likeness (QED) is 0.710. The third-order valence-electron chi connectivity index (χ3n) is 2.91. The van der Waals surface area contributed by atoms with Gasteiger partial charge < -0.3 is 4.90 Å². The molecule has 0 N–H and O–H groups in total. The number of ketones is 1. The second-order valence-corrected chi connectivity index (χ2v) is 4.62. The van der Waals surface area contributed by atoms with Crippen LogP contribution in [0.5, 0.6) is 0 Å². The molecule has 0 unspecified atom stereocenters. The van der Waals surface area contributed by atoms with Crippen LogP contribution < -0.4 is 0 Å². The lowest BCUT2D eigenvalue weighted by Crippen LogP contribution is -2.28. The Balaban J connectivity index is 2.53. The van der Waals surface area contributed by atoms with Gasteiger partial charge in [-0.15, -0.1) is 0 Å². The Morgan fingerprint density at radius 2 is 2.06 bits per heavy atom. The number of carbonyl (C=O) groups excluding carboxylic acids is 1. The first-order valence-corrected chi connectivity index (χ1v) is 5.81. The predicted molar refractivity (Wildman–Crippen MR) is 67.9 cm³/mol. The van der Waals surface area contributed by atoms with Crippen LogP contribution in [0.3, 0.4) is 0 Å². The van der Waals surface area contributed by atoms with Crippen molar-refractivity contribution in [2.24, 2.45) is 0 Å². The molecule has 0 aliphatic carbocycles. The van der Waals surface area contributed by atoms with Gasteiger partial charge in [0.25, 0.3) is 0 Å². The molecule has 1 aromatic carbocycles. The minimum absolute atomic E-state index is 0.233. The lowest BCUT2D eigenvalue weighted by molar-refractivity contribution is 0.0964. The minimum Gasteiger partial charge on any atom is -0.304 e. The highest BCUT2D eigenvalue weighted by Gasteiger charge is 2.09. The Morgan fingerprint density at radius 1 is 1.38 bits per heavy atom. The maximum Gasteiger partial charge on any atom is 0.164 e. The van der Waals surface area contributed by atoms with Gasteiger partial charge in [0.1, 0.15) is 0 Å². The maximum absolute atomic E-state index is 11.9. The number of hydrogen-bond donors (Lipinski definition) is 0. The first-order valence-electron chi connectivity index (χ1n) is 5.81. The van der Waals surface area contributed by atoms with Crippen LogP contribution in [0.15, 0.2) is 24.3 Å². The number of nitrogens with zero attached hydrogens (tertiary/aromatic N) is 1. The molecule has 2 nitrogen and oxygen atoms in total. The zero-order chi connectivity index (χ0) is 12.1. The van der Waals surface area contributed by atoms with E-state index in [2.05, 4.69) is 18.7 Å². The molecule has 0 amide bonds. The van der Waals surface area contributed by atoms with Crippen LogP contribution in [0.2, 0.25) is 0 Å². The van der Waals surface area contributed by atoms with E-state index in [9.17, 15) is 4.79 Å². The van der Waals surface area contributed by atoms with Gasteiger partial charge in [-0.25, -0.2) is 0 Å². The van der Waals surface area contributed by atoms with Crippen molar-refractivity contribution >= 4 is 5.78 Å². The number of Topliss-reactive ketones (excluding diaryl/α,β-unsaturated/α-hetero) is 1.